The van der Waals surface area contributed by atoms with Crippen molar-refractivity contribution in [1.29, 1.82) is 0 Å². The van der Waals surface area contributed by atoms with Gasteiger partial charge in [-0.25, -0.2) is 4.79 Å². The minimum atomic E-state index is -0.543. The normalized spacial score (nSPS) is 9.83. The van der Waals surface area contributed by atoms with Gasteiger partial charge in [-0.05, 0) is 19.1 Å². The van der Waals surface area contributed by atoms with Crippen molar-refractivity contribution in [3.8, 4) is 18.1 Å². The fourth-order valence-corrected chi connectivity index (χ4v) is 1.18. The number of hydrogen-bond acceptors (Lipinski definition) is 4. The number of nitrogens with one attached hydrogen (secondary N) is 1. The lowest BCUT2D eigenvalue weighted by atomic mass is 10.1. The second kappa shape index (κ2) is 6.97. The third-order valence-electron chi connectivity index (χ3n) is 1.99. The van der Waals surface area contributed by atoms with Gasteiger partial charge in [-0.2, -0.15) is 0 Å². The maximum absolute atomic E-state index is 11.2. The van der Waals surface area contributed by atoms with E-state index < -0.39 is 6.09 Å². The van der Waals surface area contributed by atoms with E-state index in [9.17, 15) is 4.79 Å². The highest BCUT2D eigenvalue weighted by Gasteiger charge is 2.06. The summed E-state index contributed by atoms with van der Waals surface area (Å²) in [6, 6.07) is 5.34. The number of oxime groups is 1. The Morgan fingerprint density at radius 1 is 1.61 bits per heavy atom. The van der Waals surface area contributed by atoms with Crippen molar-refractivity contribution in [2.24, 2.45) is 5.16 Å². The van der Waals surface area contributed by atoms with Gasteiger partial charge >= 0.3 is 6.09 Å². The van der Waals surface area contributed by atoms with E-state index in [4.69, 9.17) is 16.0 Å². The molecule has 0 radical (unpaired) electrons. The number of nitrogens with zero attached hydrogens (tertiary/aromatic N) is 1. The lowest BCUT2D eigenvalue weighted by Gasteiger charge is -2.07. The molecule has 18 heavy (non-hydrogen) atoms. The van der Waals surface area contributed by atoms with Crippen molar-refractivity contribution in [3.05, 3.63) is 29.3 Å². The maximum atomic E-state index is 11.2. The van der Waals surface area contributed by atoms with E-state index >= 15 is 0 Å². The van der Waals surface area contributed by atoms with Crippen LogP contribution >= 0.6 is 0 Å². The van der Waals surface area contributed by atoms with E-state index in [-0.39, 0.29) is 6.61 Å². The molecule has 1 aromatic carbocycles. The van der Waals surface area contributed by atoms with Crippen LogP contribution in [0.25, 0.3) is 0 Å². The Kier molecular flexibility index (Phi) is 5.26. The third kappa shape index (κ3) is 4.18. The molecule has 0 saturated carbocycles. The minimum Gasteiger partial charge on any atom is -0.410 e. The number of terminal acetylenes is 1. The van der Waals surface area contributed by atoms with Gasteiger partial charge in [0.2, 0.25) is 0 Å². The highest BCUT2D eigenvalue weighted by molar-refractivity contribution is 5.85. The van der Waals surface area contributed by atoms with E-state index in [0.717, 1.165) is 5.56 Å². The van der Waals surface area contributed by atoms with Gasteiger partial charge in [-0.3, -0.25) is 0 Å². The standard InChI is InChI=1S/C13H14N2O3/c1-4-7-17-15-9-11-8-10(2)5-6-12(11)18-13(16)14-3/h1,5-6,8-9H,7H2,2-3H3,(H,14,16). The molecule has 0 aliphatic rings. The molecule has 0 fully saturated rings. The van der Waals surface area contributed by atoms with Crippen molar-refractivity contribution in [1.82, 2.24) is 5.32 Å². The van der Waals surface area contributed by atoms with Crippen LogP contribution in [-0.4, -0.2) is 26.0 Å². The Hall–Kier alpha value is -2.48. The van der Waals surface area contributed by atoms with Crippen molar-refractivity contribution >= 4 is 12.3 Å². The lowest BCUT2D eigenvalue weighted by Crippen LogP contribution is -2.22. The van der Waals surface area contributed by atoms with Crippen LogP contribution in [0.4, 0.5) is 4.79 Å². The Balaban J connectivity index is 2.86. The highest BCUT2D eigenvalue weighted by atomic mass is 16.6. The largest absolute Gasteiger partial charge is 0.412 e. The molecule has 0 aliphatic heterocycles. The van der Waals surface area contributed by atoms with Crippen LogP contribution < -0.4 is 10.1 Å². The average Bonchev–Trinajstić information content (AvgIpc) is 2.37. The van der Waals surface area contributed by atoms with E-state index in [1.807, 2.05) is 19.1 Å². The topological polar surface area (TPSA) is 59.9 Å². The number of ether oxygens (including phenoxy) is 1. The fourth-order valence-electron chi connectivity index (χ4n) is 1.18. The van der Waals surface area contributed by atoms with Gasteiger partial charge in [-0.1, -0.05) is 22.7 Å². The molecule has 0 spiro atoms. The molecule has 0 aliphatic carbocycles. The summed E-state index contributed by atoms with van der Waals surface area (Å²) < 4.78 is 5.07. The molecule has 0 atom stereocenters. The van der Waals surface area contributed by atoms with E-state index in [0.29, 0.717) is 11.3 Å². The smallest absolute Gasteiger partial charge is 0.410 e. The predicted octanol–water partition coefficient (Wildman–Crippen LogP) is 1.70. The van der Waals surface area contributed by atoms with Gasteiger partial charge < -0.3 is 14.9 Å². The molecule has 0 saturated heterocycles. The first-order chi connectivity index (χ1) is 8.67. The summed E-state index contributed by atoms with van der Waals surface area (Å²) in [5.74, 6) is 2.69. The minimum absolute atomic E-state index is 0.0912. The summed E-state index contributed by atoms with van der Waals surface area (Å²) in [5, 5.41) is 6.06. The number of rotatable bonds is 4. The zero-order valence-corrected chi connectivity index (χ0v) is 10.3. The van der Waals surface area contributed by atoms with Gasteiger partial charge in [0.25, 0.3) is 0 Å². The molecule has 0 unspecified atom stereocenters. The molecule has 5 nitrogen and oxygen atoms in total. The van der Waals surface area contributed by atoms with Gasteiger partial charge in [0.1, 0.15) is 5.75 Å². The Labute approximate surface area is 106 Å². The molecular formula is C13H14N2O3. The van der Waals surface area contributed by atoms with Crippen LogP contribution in [0, 0.1) is 19.3 Å². The Bertz CT molecular complexity index is 489. The summed E-state index contributed by atoms with van der Waals surface area (Å²) in [6.07, 6.45) is 5.92. The zero-order chi connectivity index (χ0) is 13.4. The van der Waals surface area contributed by atoms with Crippen LogP contribution in [-0.2, 0) is 4.84 Å². The number of hydrogen-bond donors (Lipinski definition) is 1. The fraction of sp³-hybridized carbons (Fsp3) is 0.231. The molecule has 94 valence electrons. The van der Waals surface area contributed by atoms with Crippen LogP contribution in [0.2, 0.25) is 0 Å². The monoisotopic (exact) mass is 246 g/mol. The van der Waals surface area contributed by atoms with Gasteiger partial charge in [-0.15, -0.1) is 6.42 Å². The number of benzene rings is 1. The molecule has 0 heterocycles. The van der Waals surface area contributed by atoms with Gasteiger partial charge in [0.15, 0.2) is 6.61 Å². The van der Waals surface area contributed by atoms with Crippen molar-refractivity contribution in [2.75, 3.05) is 13.7 Å². The van der Waals surface area contributed by atoms with E-state index in [1.54, 1.807) is 6.07 Å². The molecule has 0 bridgehead atoms. The first kappa shape index (κ1) is 13.6. The van der Waals surface area contributed by atoms with E-state index in [1.165, 1.54) is 13.3 Å². The number of amides is 1. The lowest BCUT2D eigenvalue weighted by molar-refractivity contribution is 0.181. The summed E-state index contributed by atoms with van der Waals surface area (Å²) in [6.45, 7) is 2.01. The molecule has 5 heteroatoms. The van der Waals surface area contributed by atoms with Crippen LogP contribution in [0.15, 0.2) is 23.4 Å². The van der Waals surface area contributed by atoms with Crippen molar-refractivity contribution in [2.45, 2.75) is 6.92 Å². The van der Waals surface area contributed by atoms with Crippen LogP contribution in [0.3, 0.4) is 0 Å². The zero-order valence-electron chi connectivity index (χ0n) is 10.3. The summed E-state index contributed by atoms with van der Waals surface area (Å²) in [4.78, 5) is 15.9. The van der Waals surface area contributed by atoms with Gasteiger partial charge in [0, 0.05) is 12.6 Å². The molecular weight excluding hydrogens is 232 g/mol. The quantitative estimate of drug-likeness (QED) is 0.380. The molecule has 1 aromatic rings. The third-order valence-corrected chi connectivity index (χ3v) is 1.99. The van der Waals surface area contributed by atoms with E-state index in [2.05, 4.69) is 16.4 Å². The first-order valence-corrected chi connectivity index (χ1v) is 5.26. The average molecular weight is 246 g/mol. The van der Waals surface area contributed by atoms with Crippen molar-refractivity contribution in [3.63, 3.8) is 0 Å². The summed E-state index contributed by atoms with van der Waals surface area (Å²) in [5.41, 5.74) is 1.65. The summed E-state index contributed by atoms with van der Waals surface area (Å²) >= 11 is 0. The number of carbonyl (C=O) groups is 1. The Morgan fingerprint density at radius 3 is 3.06 bits per heavy atom. The molecule has 1 rings (SSSR count). The maximum Gasteiger partial charge on any atom is 0.412 e. The van der Waals surface area contributed by atoms with Crippen molar-refractivity contribution < 1.29 is 14.4 Å². The predicted molar refractivity (Wildman–Crippen MR) is 68.6 cm³/mol. The second-order valence-corrected chi connectivity index (χ2v) is 3.39. The second-order valence-electron chi connectivity index (χ2n) is 3.39. The summed E-state index contributed by atoms with van der Waals surface area (Å²) in [7, 11) is 1.49. The Morgan fingerprint density at radius 2 is 2.39 bits per heavy atom. The molecule has 1 amide bonds. The molecule has 1 N–H and O–H groups in total. The highest BCUT2D eigenvalue weighted by Crippen LogP contribution is 2.18. The molecule has 0 aromatic heterocycles. The van der Waals surface area contributed by atoms with Crippen LogP contribution in [0.1, 0.15) is 11.1 Å². The van der Waals surface area contributed by atoms with Crippen LogP contribution in [0.5, 0.6) is 5.75 Å². The first-order valence-electron chi connectivity index (χ1n) is 5.26. The van der Waals surface area contributed by atoms with Gasteiger partial charge in [0.05, 0.1) is 6.21 Å². The number of aryl methyl sites for hydroxylation is 1. The SMILES string of the molecule is C#CCON=Cc1cc(C)ccc1OC(=O)NC. The number of carbonyl (C=O) groups excluding carboxylic acids is 1.